The fourth-order valence-corrected chi connectivity index (χ4v) is 8.89. The number of aliphatic hydroxyl groups is 1. The molecule has 0 bridgehead atoms. The number of carbonyl (C=O) groups is 1. The largest absolute Gasteiger partial charge is 0.756 e. The third kappa shape index (κ3) is 50.4. The van der Waals surface area contributed by atoms with Crippen LogP contribution in [0, 0.1) is 0 Å². The van der Waals surface area contributed by atoms with Crippen LogP contribution in [0.15, 0.2) is 36.5 Å². The molecule has 0 radical (unpaired) electrons. The number of allylic oxidation sites excluding steroid dienone is 5. The first-order chi connectivity index (χ1) is 31.5. The highest BCUT2D eigenvalue weighted by atomic mass is 31.2. The van der Waals surface area contributed by atoms with E-state index in [1.807, 2.05) is 27.2 Å². The first-order valence-corrected chi connectivity index (χ1v) is 29.3. The Labute approximate surface area is 404 Å². The van der Waals surface area contributed by atoms with Crippen LogP contribution in [0.2, 0.25) is 0 Å². The maximum absolute atomic E-state index is 12.9. The number of quaternary nitrogens is 1. The topological polar surface area (TPSA) is 108 Å². The van der Waals surface area contributed by atoms with E-state index < -0.39 is 26.6 Å². The third-order valence-electron chi connectivity index (χ3n) is 12.6. The molecule has 0 aromatic carbocycles. The smallest absolute Gasteiger partial charge is 0.268 e. The van der Waals surface area contributed by atoms with Crippen molar-refractivity contribution < 1.29 is 32.9 Å². The first kappa shape index (κ1) is 63.7. The van der Waals surface area contributed by atoms with Gasteiger partial charge in [-0.05, 0) is 57.8 Å². The summed E-state index contributed by atoms with van der Waals surface area (Å²) >= 11 is 0. The summed E-state index contributed by atoms with van der Waals surface area (Å²) in [5, 5.41) is 13.8. The van der Waals surface area contributed by atoms with E-state index in [0.29, 0.717) is 17.4 Å². The van der Waals surface area contributed by atoms with E-state index in [1.54, 1.807) is 6.08 Å². The van der Waals surface area contributed by atoms with E-state index in [0.717, 1.165) is 57.8 Å². The lowest BCUT2D eigenvalue weighted by Crippen LogP contribution is -2.45. The number of carbonyl (C=O) groups excluding carboxylic acids is 1. The Morgan fingerprint density at radius 3 is 1.26 bits per heavy atom. The number of phosphoric ester groups is 1. The van der Waals surface area contributed by atoms with E-state index >= 15 is 0 Å². The molecule has 0 heterocycles. The molecule has 384 valence electrons. The minimum Gasteiger partial charge on any atom is -0.756 e. The highest BCUT2D eigenvalue weighted by Crippen LogP contribution is 2.38. The summed E-state index contributed by atoms with van der Waals surface area (Å²) in [5.41, 5.74) is 0. The van der Waals surface area contributed by atoms with Crippen molar-refractivity contribution in [3.05, 3.63) is 36.5 Å². The average Bonchev–Trinajstić information content (AvgIpc) is 3.26. The summed E-state index contributed by atoms with van der Waals surface area (Å²) in [6, 6.07) is -0.906. The number of phosphoric acid groups is 1. The van der Waals surface area contributed by atoms with Crippen molar-refractivity contribution in [2.24, 2.45) is 0 Å². The molecule has 0 saturated heterocycles. The lowest BCUT2D eigenvalue weighted by atomic mass is 10.0. The van der Waals surface area contributed by atoms with Gasteiger partial charge in [0.25, 0.3) is 7.82 Å². The Kier molecular flexibility index (Phi) is 46.8. The second kappa shape index (κ2) is 47.8. The third-order valence-corrected chi connectivity index (χ3v) is 13.5. The normalized spacial score (nSPS) is 14.3. The molecule has 8 nitrogen and oxygen atoms in total. The second-order valence-electron chi connectivity index (χ2n) is 20.3. The molecular formula is C56H109N2O6P. The maximum Gasteiger partial charge on any atom is 0.268 e. The SMILES string of the molecule is CCCCCC/C=C\CCCCCCCC(=O)NC(COP(=O)([O-])OCC[N+](C)(C)C)C(O)/C=C/CC/C=C/CCCCCCCCCCCCCCCCCCCCCCCCCC. The molecule has 0 saturated carbocycles. The van der Waals surface area contributed by atoms with Crippen LogP contribution < -0.4 is 10.2 Å². The van der Waals surface area contributed by atoms with Crippen LogP contribution in [0.25, 0.3) is 0 Å². The number of hydrogen-bond donors (Lipinski definition) is 2. The number of likely N-dealkylation sites (N-methyl/N-ethyl adjacent to an activating group) is 1. The van der Waals surface area contributed by atoms with Crippen molar-refractivity contribution in [3.63, 3.8) is 0 Å². The highest BCUT2D eigenvalue weighted by Gasteiger charge is 2.23. The summed E-state index contributed by atoms with van der Waals surface area (Å²) in [4.78, 5) is 25.4. The van der Waals surface area contributed by atoms with Gasteiger partial charge in [-0.2, -0.15) is 0 Å². The summed E-state index contributed by atoms with van der Waals surface area (Å²) in [6.07, 6.45) is 61.0. The Hall–Kier alpha value is -1.28. The van der Waals surface area contributed by atoms with Crippen LogP contribution in [-0.4, -0.2) is 68.5 Å². The van der Waals surface area contributed by atoms with Crippen molar-refractivity contribution in [1.82, 2.24) is 5.32 Å². The fourth-order valence-electron chi connectivity index (χ4n) is 8.17. The van der Waals surface area contributed by atoms with Crippen LogP contribution in [0.5, 0.6) is 0 Å². The molecule has 0 aliphatic carbocycles. The molecule has 9 heteroatoms. The zero-order valence-corrected chi connectivity index (χ0v) is 44.6. The van der Waals surface area contributed by atoms with Crippen LogP contribution in [-0.2, 0) is 18.4 Å². The number of aliphatic hydroxyl groups excluding tert-OH is 1. The van der Waals surface area contributed by atoms with Crippen LogP contribution >= 0.6 is 7.82 Å². The zero-order valence-electron chi connectivity index (χ0n) is 43.7. The van der Waals surface area contributed by atoms with Crippen LogP contribution in [0.3, 0.4) is 0 Å². The lowest BCUT2D eigenvalue weighted by Gasteiger charge is -2.29. The van der Waals surface area contributed by atoms with Gasteiger partial charge >= 0.3 is 0 Å². The van der Waals surface area contributed by atoms with Crippen molar-refractivity contribution in [3.8, 4) is 0 Å². The molecule has 1 amide bonds. The lowest BCUT2D eigenvalue weighted by molar-refractivity contribution is -0.870. The van der Waals surface area contributed by atoms with E-state index in [1.165, 1.54) is 186 Å². The van der Waals surface area contributed by atoms with Crippen molar-refractivity contribution in [1.29, 1.82) is 0 Å². The number of nitrogens with zero attached hydrogens (tertiary/aromatic N) is 1. The minimum atomic E-state index is -4.60. The van der Waals surface area contributed by atoms with Gasteiger partial charge in [-0.25, -0.2) is 0 Å². The van der Waals surface area contributed by atoms with Crippen molar-refractivity contribution in [2.75, 3.05) is 40.9 Å². The Morgan fingerprint density at radius 1 is 0.523 bits per heavy atom. The van der Waals surface area contributed by atoms with E-state index in [4.69, 9.17) is 9.05 Å². The first-order valence-electron chi connectivity index (χ1n) is 27.9. The fraction of sp³-hybridized carbons (Fsp3) is 0.875. The molecule has 65 heavy (non-hydrogen) atoms. The summed E-state index contributed by atoms with van der Waals surface area (Å²) in [6.45, 7) is 4.62. The zero-order chi connectivity index (χ0) is 47.8. The Bertz CT molecular complexity index is 1150. The van der Waals surface area contributed by atoms with Gasteiger partial charge in [0.2, 0.25) is 5.91 Å². The molecule has 3 atom stereocenters. The predicted molar refractivity (Wildman–Crippen MR) is 279 cm³/mol. The second-order valence-corrected chi connectivity index (χ2v) is 21.7. The summed E-state index contributed by atoms with van der Waals surface area (Å²) in [7, 11) is 1.24. The highest BCUT2D eigenvalue weighted by molar-refractivity contribution is 7.45. The van der Waals surface area contributed by atoms with Gasteiger partial charge in [0.1, 0.15) is 13.2 Å². The molecule has 0 fully saturated rings. The van der Waals surface area contributed by atoms with Crippen LogP contribution in [0.1, 0.15) is 264 Å². The number of nitrogens with one attached hydrogen (secondary N) is 1. The van der Waals surface area contributed by atoms with Gasteiger partial charge in [0.05, 0.1) is 39.9 Å². The maximum atomic E-state index is 12.9. The van der Waals surface area contributed by atoms with E-state index in [2.05, 4.69) is 43.5 Å². The number of unbranched alkanes of at least 4 members (excludes halogenated alkanes) is 34. The van der Waals surface area contributed by atoms with E-state index in [-0.39, 0.29) is 12.5 Å². The van der Waals surface area contributed by atoms with Gasteiger partial charge in [0.15, 0.2) is 0 Å². The Morgan fingerprint density at radius 2 is 0.862 bits per heavy atom. The van der Waals surface area contributed by atoms with Gasteiger partial charge in [-0.3, -0.25) is 9.36 Å². The number of hydrogen-bond acceptors (Lipinski definition) is 6. The average molecular weight is 937 g/mol. The predicted octanol–water partition coefficient (Wildman–Crippen LogP) is 16.0. The quantitative estimate of drug-likeness (QED) is 0.0272. The molecule has 3 unspecified atom stereocenters. The number of rotatable bonds is 51. The molecule has 0 aliphatic heterocycles. The number of amides is 1. The van der Waals surface area contributed by atoms with Crippen molar-refractivity contribution >= 4 is 13.7 Å². The molecule has 0 rings (SSSR count). The van der Waals surface area contributed by atoms with Gasteiger partial charge in [0, 0.05) is 6.42 Å². The van der Waals surface area contributed by atoms with Gasteiger partial charge < -0.3 is 28.8 Å². The molecule has 2 N–H and O–H groups in total. The molecular weight excluding hydrogens is 828 g/mol. The summed E-state index contributed by atoms with van der Waals surface area (Å²) in [5.74, 6) is -0.215. The standard InChI is InChI=1S/C56H109N2O6P/c1-6-8-10-12-14-16-18-20-21-22-23-24-25-26-27-28-29-30-31-32-33-34-35-36-38-39-41-43-45-47-49-55(59)54(53-64-65(61,62)63-52-51-58(3,4)5)57-56(60)50-48-46-44-42-40-37-19-17-15-13-11-9-7-2/h17,19,39,41,47,49,54-55,59H,6-16,18,20-38,40,42-46,48,50-53H2,1-5H3,(H-,57,60,61,62)/b19-17-,41-39+,49-47+. The monoisotopic (exact) mass is 937 g/mol. The molecule has 0 aliphatic rings. The molecule has 0 spiro atoms. The Balaban J connectivity index is 4.15. The molecule has 0 aromatic heterocycles. The summed E-state index contributed by atoms with van der Waals surface area (Å²) < 4.78 is 23.3. The van der Waals surface area contributed by atoms with Crippen LogP contribution in [0.4, 0.5) is 0 Å². The van der Waals surface area contributed by atoms with Crippen molar-refractivity contribution in [2.45, 2.75) is 276 Å². The minimum absolute atomic E-state index is 0.00766. The van der Waals surface area contributed by atoms with E-state index in [9.17, 15) is 19.4 Å². The molecule has 0 aromatic rings. The van der Waals surface area contributed by atoms with Gasteiger partial charge in [-0.15, -0.1) is 0 Å². The van der Waals surface area contributed by atoms with Gasteiger partial charge in [-0.1, -0.05) is 237 Å².